The zero-order valence-electron chi connectivity index (χ0n) is 19.3. The molecule has 0 aromatic heterocycles. The van der Waals surface area contributed by atoms with Crippen molar-refractivity contribution in [1.82, 2.24) is 0 Å². The van der Waals surface area contributed by atoms with Gasteiger partial charge in [0.15, 0.2) is 11.6 Å². The van der Waals surface area contributed by atoms with Crippen LogP contribution in [0.3, 0.4) is 0 Å². The number of benzene rings is 3. The van der Waals surface area contributed by atoms with Crippen LogP contribution >= 0.6 is 0 Å². The van der Waals surface area contributed by atoms with Gasteiger partial charge in [-0.2, -0.15) is 0 Å². The Hall–Kier alpha value is -2.59. The highest BCUT2D eigenvalue weighted by atomic mass is 19.2. The number of aryl methyl sites for hydroxylation is 2. The molecule has 1 fully saturated rings. The fourth-order valence-electron chi connectivity index (χ4n) is 4.77. The summed E-state index contributed by atoms with van der Waals surface area (Å²) in [7, 11) is 0. The highest BCUT2D eigenvalue weighted by molar-refractivity contribution is 5.65. The van der Waals surface area contributed by atoms with Crippen LogP contribution in [0, 0.1) is 24.4 Å². The Bertz CT molecular complexity index is 1080. The van der Waals surface area contributed by atoms with E-state index in [4.69, 9.17) is 4.74 Å². The summed E-state index contributed by atoms with van der Waals surface area (Å²) in [6.45, 7) is 4.03. The lowest BCUT2D eigenvalue weighted by molar-refractivity contribution is 0.0117. The van der Waals surface area contributed by atoms with Crippen molar-refractivity contribution in [3.8, 4) is 11.1 Å². The molecule has 0 saturated heterocycles. The molecule has 0 aliphatic heterocycles. The Morgan fingerprint density at radius 1 is 0.848 bits per heavy atom. The molecule has 3 aromatic rings. The van der Waals surface area contributed by atoms with Crippen molar-refractivity contribution in [2.45, 2.75) is 71.0 Å². The molecule has 0 amide bonds. The number of halogens is 3. The van der Waals surface area contributed by atoms with Gasteiger partial charge in [-0.3, -0.25) is 0 Å². The molecule has 1 nitrogen and oxygen atoms in total. The van der Waals surface area contributed by atoms with E-state index in [1.807, 2.05) is 43.3 Å². The molecule has 0 heterocycles. The monoisotopic (exact) mass is 452 g/mol. The Kier molecular flexibility index (Phi) is 7.54. The van der Waals surface area contributed by atoms with E-state index in [2.05, 4.69) is 6.92 Å². The molecule has 0 N–H and O–H groups in total. The molecule has 4 heteroatoms. The fourth-order valence-corrected chi connectivity index (χ4v) is 4.77. The Labute approximate surface area is 194 Å². The quantitative estimate of drug-likeness (QED) is 0.350. The largest absolute Gasteiger partial charge is 0.373 e. The van der Waals surface area contributed by atoms with E-state index in [-0.39, 0.29) is 35.6 Å². The first-order valence-electron chi connectivity index (χ1n) is 11.9. The van der Waals surface area contributed by atoms with Crippen LogP contribution in [0.5, 0.6) is 0 Å². The van der Waals surface area contributed by atoms with Crippen LogP contribution in [0.15, 0.2) is 54.6 Å². The number of ether oxygens (including phenoxy) is 1. The van der Waals surface area contributed by atoms with Crippen LogP contribution in [-0.4, -0.2) is 6.10 Å². The summed E-state index contributed by atoms with van der Waals surface area (Å²) < 4.78 is 49.8. The van der Waals surface area contributed by atoms with Crippen LogP contribution in [-0.2, 0) is 17.8 Å². The number of rotatable bonds is 7. The summed E-state index contributed by atoms with van der Waals surface area (Å²) in [5.74, 6) is -1.64. The second-order valence-electron chi connectivity index (χ2n) is 9.16. The van der Waals surface area contributed by atoms with Crippen LogP contribution in [0.25, 0.3) is 11.1 Å². The smallest absolute Gasteiger partial charge is 0.167 e. The van der Waals surface area contributed by atoms with E-state index < -0.39 is 11.6 Å². The lowest BCUT2D eigenvalue weighted by Gasteiger charge is -2.29. The molecule has 0 atom stereocenters. The lowest BCUT2D eigenvalue weighted by Crippen LogP contribution is -2.21. The van der Waals surface area contributed by atoms with Gasteiger partial charge in [-0.15, -0.1) is 0 Å². The Balaban J connectivity index is 1.36. The minimum absolute atomic E-state index is 0.0250. The maximum Gasteiger partial charge on any atom is 0.167 e. The van der Waals surface area contributed by atoms with Crippen molar-refractivity contribution in [3.05, 3.63) is 94.3 Å². The summed E-state index contributed by atoms with van der Waals surface area (Å²) in [4.78, 5) is 0. The molecule has 4 rings (SSSR count). The third-order valence-corrected chi connectivity index (χ3v) is 6.71. The van der Waals surface area contributed by atoms with Gasteiger partial charge in [0.25, 0.3) is 0 Å². The molecule has 174 valence electrons. The molecular weight excluding hydrogens is 421 g/mol. The lowest BCUT2D eigenvalue weighted by atomic mass is 9.82. The minimum Gasteiger partial charge on any atom is -0.373 e. The fraction of sp³-hybridized carbons (Fsp3) is 0.379. The van der Waals surface area contributed by atoms with E-state index in [1.165, 1.54) is 5.56 Å². The number of hydrogen-bond acceptors (Lipinski definition) is 1. The van der Waals surface area contributed by atoms with Crippen molar-refractivity contribution in [2.24, 2.45) is 0 Å². The maximum absolute atomic E-state index is 14.8. The summed E-state index contributed by atoms with van der Waals surface area (Å²) in [6, 6.07) is 16.3. The topological polar surface area (TPSA) is 9.23 Å². The van der Waals surface area contributed by atoms with E-state index in [0.717, 1.165) is 49.7 Å². The molecule has 3 aromatic carbocycles. The van der Waals surface area contributed by atoms with Crippen LogP contribution in [0.4, 0.5) is 13.2 Å². The molecule has 0 spiro atoms. The average molecular weight is 453 g/mol. The molecule has 33 heavy (non-hydrogen) atoms. The highest BCUT2D eigenvalue weighted by Gasteiger charge is 2.25. The van der Waals surface area contributed by atoms with Gasteiger partial charge in [0.05, 0.1) is 12.7 Å². The van der Waals surface area contributed by atoms with E-state index >= 15 is 0 Å². The second-order valence-corrected chi connectivity index (χ2v) is 9.16. The average Bonchev–Trinajstić information content (AvgIpc) is 2.81. The molecule has 0 bridgehead atoms. The first-order valence-corrected chi connectivity index (χ1v) is 11.9. The van der Waals surface area contributed by atoms with E-state index in [9.17, 15) is 13.2 Å². The van der Waals surface area contributed by atoms with Crippen molar-refractivity contribution in [3.63, 3.8) is 0 Å². The van der Waals surface area contributed by atoms with E-state index in [1.54, 1.807) is 18.2 Å². The third-order valence-electron chi connectivity index (χ3n) is 6.71. The standard InChI is InChI=1S/C29H31F3O/c1-3-4-20-6-8-22(9-7-20)26-16-12-23(28(31)29(26)32)18-33-24-13-10-21(11-14-24)25-15-5-19(2)17-27(25)30/h5-9,12,15-17,21,24H,3-4,10-11,13-14,18H2,1-2H3. The van der Waals surface area contributed by atoms with Crippen molar-refractivity contribution in [1.29, 1.82) is 0 Å². The molecule has 1 aliphatic carbocycles. The maximum atomic E-state index is 14.8. The summed E-state index contributed by atoms with van der Waals surface area (Å²) in [6.07, 6.45) is 5.21. The SMILES string of the molecule is CCCc1ccc(-c2ccc(COC3CCC(c4ccc(C)cc4F)CC3)c(F)c2F)cc1. The Morgan fingerprint density at radius 2 is 1.58 bits per heavy atom. The summed E-state index contributed by atoms with van der Waals surface area (Å²) >= 11 is 0. The summed E-state index contributed by atoms with van der Waals surface area (Å²) in [5, 5.41) is 0. The zero-order valence-corrected chi connectivity index (χ0v) is 19.3. The summed E-state index contributed by atoms with van der Waals surface area (Å²) in [5.41, 5.74) is 4.03. The predicted molar refractivity (Wildman–Crippen MR) is 127 cm³/mol. The van der Waals surface area contributed by atoms with Gasteiger partial charge in [-0.1, -0.05) is 61.9 Å². The Morgan fingerprint density at radius 3 is 2.24 bits per heavy atom. The van der Waals surface area contributed by atoms with Gasteiger partial charge >= 0.3 is 0 Å². The van der Waals surface area contributed by atoms with Crippen LogP contribution in [0.2, 0.25) is 0 Å². The molecule has 1 saturated carbocycles. The number of hydrogen-bond donors (Lipinski definition) is 0. The van der Waals surface area contributed by atoms with Crippen molar-refractivity contribution in [2.75, 3.05) is 0 Å². The minimum atomic E-state index is -0.847. The van der Waals surface area contributed by atoms with Gasteiger partial charge in [-0.25, -0.2) is 13.2 Å². The van der Waals surface area contributed by atoms with Crippen LogP contribution in [0.1, 0.15) is 67.2 Å². The van der Waals surface area contributed by atoms with Gasteiger partial charge < -0.3 is 4.74 Å². The van der Waals surface area contributed by atoms with Crippen LogP contribution < -0.4 is 0 Å². The zero-order chi connectivity index (χ0) is 23.4. The van der Waals surface area contributed by atoms with Gasteiger partial charge in [-0.05, 0) is 73.3 Å². The van der Waals surface area contributed by atoms with Gasteiger partial charge in [0.2, 0.25) is 0 Å². The molecular formula is C29H31F3O. The van der Waals surface area contributed by atoms with Crippen molar-refractivity contribution < 1.29 is 17.9 Å². The highest BCUT2D eigenvalue weighted by Crippen LogP contribution is 2.36. The first-order chi connectivity index (χ1) is 16.0. The molecule has 0 radical (unpaired) electrons. The third kappa shape index (κ3) is 5.50. The predicted octanol–water partition coefficient (Wildman–Crippen LogP) is 8.27. The van der Waals surface area contributed by atoms with Gasteiger partial charge in [0.1, 0.15) is 5.82 Å². The molecule has 1 aliphatic rings. The second kappa shape index (κ2) is 10.6. The first kappa shape index (κ1) is 23.6. The molecule has 0 unspecified atom stereocenters. The normalized spacial score (nSPS) is 18.5. The van der Waals surface area contributed by atoms with Gasteiger partial charge in [0, 0.05) is 11.1 Å². The van der Waals surface area contributed by atoms with Crippen molar-refractivity contribution >= 4 is 0 Å². The van der Waals surface area contributed by atoms with E-state index in [0.29, 0.717) is 5.56 Å².